The third-order valence-electron chi connectivity index (χ3n) is 4.37. The van der Waals surface area contributed by atoms with E-state index in [0.29, 0.717) is 23.7 Å². The molecule has 0 unspecified atom stereocenters. The van der Waals surface area contributed by atoms with Crippen molar-refractivity contribution < 1.29 is 9.59 Å². The molecule has 1 aromatic heterocycles. The number of benzene rings is 2. The van der Waals surface area contributed by atoms with Crippen LogP contribution in [-0.4, -0.2) is 22.8 Å². The Morgan fingerprint density at radius 1 is 1.04 bits per heavy atom. The lowest BCUT2D eigenvalue weighted by molar-refractivity contribution is -0.120. The Morgan fingerprint density at radius 3 is 2.58 bits per heavy atom. The number of carbonyl (C=O) groups excluding carboxylic acids is 2. The van der Waals surface area contributed by atoms with Gasteiger partial charge < -0.3 is 10.6 Å². The van der Waals surface area contributed by atoms with Crippen LogP contribution in [-0.2, 0) is 11.2 Å². The maximum Gasteiger partial charge on any atom is 0.257 e. The highest BCUT2D eigenvalue weighted by Crippen LogP contribution is 2.19. The first-order chi connectivity index (χ1) is 12.7. The number of hydrogen-bond acceptors (Lipinski definition) is 3. The van der Waals surface area contributed by atoms with E-state index in [0.717, 1.165) is 29.3 Å². The molecular formula is C21H19N3O2. The molecule has 4 rings (SSSR count). The van der Waals surface area contributed by atoms with Crippen LogP contribution in [0.3, 0.4) is 0 Å². The van der Waals surface area contributed by atoms with E-state index in [1.165, 1.54) is 0 Å². The summed E-state index contributed by atoms with van der Waals surface area (Å²) in [5.41, 5.74) is 2.98. The highest BCUT2D eigenvalue weighted by Gasteiger charge is 2.23. The molecule has 2 aromatic carbocycles. The molecule has 5 nitrogen and oxygen atoms in total. The first-order valence-corrected chi connectivity index (χ1v) is 8.72. The molecule has 5 heteroatoms. The van der Waals surface area contributed by atoms with Gasteiger partial charge in [0, 0.05) is 23.3 Å². The van der Waals surface area contributed by atoms with E-state index in [-0.39, 0.29) is 11.8 Å². The van der Waals surface area contributed by atoms with Gasteiger partial charge in [-0.05, 0) is 42.7 Å². The molecule has 2 amide bonds. The lowest BCUT2D eigenvalue weighted by atomic mass is 10.1. The summed E-state index contributed by atoms with van der Waals surface area (Å²) < 4.78 is 0. The van der Waals surface area contributed by atoms with Crippen molar-refractivity contribution in [1.29, 1.82) is 0 Å². The number of anilines is 1. The molecule has 1 fully saturated rings. The molecular weight excluding hydrogens is 326 g/mol. The average molecular weight is 345 g/mol. The lowest BCUT2D eigenvalue weighted by Crippen LogP contribution is -2.26. The van der Waals surface area contributed by atoms with Crippen molar-refractivity contribution in [2.45, 2.75) is 25.3 Å². The molecule has 0 spiro atoms. The summed E-state index contributed by atoms with van der Waals surface area (Å²) in [7, 11) is 0. The second-order valence-corrected chi connectivity index (χ2v) is 6.59. The Labute approximate surface area is 151 Å². The molecule has 130 valence electrons. The highest BCUT2D eigenvalue weighted by atomic mass is 16.2. The number of hydrogen-bond donors (Lipinski definition) is 2. The van der Waals surface area contributed by atoms with Gasteiger partial charge in [-0.25, -0.2) is 0 Å². The fraction of sp³-hybridized carbons (Fsp3) is 0.190. The number of rotatable bonds is 5. The summed E-state index contributed by atoms with van der Waals surface area (Å²) in [6, 6.07) is 17.2. The minimum Gasteiger partial charge on any atom is -0.353 e. The lowest BCUT2D eigenvalue weighted by Gasteiger charge is -2.08. The first kappa shape index (κ1) is 16.3. The van der Waals surface area contributed by atoms with Crippen LogP contribution in [0.5, 0.6) is 0 Å². The SMILES string of the molecule is O=C(Cc1ccc(NC(=O)c2cnc3ccccc3c2)cc1)NC1CC1. The Morgan fingerprint density at radius 2 is 1.81 bits per heavy atom. The molecule has 3 aromatic rings. The van der Waals surface area contributed by atoms with Crippen LogP contribution in [0.1, 0.15) is 28.8 Å². The number of carbonyl (C=O) groups is 2. The van der Waals surface area contributed by atoms with E-state index >= 15 is 0 Å². The highest BCUT2D eigenvalue weighted by molar-refractivity contribution is 6.05. The van der Waals surface area contributed by atoms with Gasteiger partial charge in [0.05, 0.1) is 17.5 Å². The monoisotopic (exact) mass is 345 g/mol. The quantitative estimate of drug-likeness (QED) is 0.745. The predicted molar refractivity (Wildman–Crippen MR) is 101 cm³/mol. The topological polar surface area (TPSA) is 71.1 Å². The smallest absolute Gasteiger partial charge is 0.257 e. The van der Waals surface area contributed by atoms with Crippen LogP contribution in [0, 0.1) is 0 Å². The van der Waals surface area contributed by atoms with Crippen molar-refractivity contribution in [2.24, 2.45) is 0 Å². The molecule has 1 saturated carbocycles. The summed E-state index contributed by atoms with van der Waals surface area (Å²) in [6.45, 7) is 0. The summed E-state index contributed by atoms with van der Waals surface area (Å²) in [4.78, 5) is 28.6. The largest absolute Gasteiger partial charge is 0.353 e. The zero-order chi connectivity index (χ0) is 17.9. The molecule has 1 aliphatic rings. The van der Waals surface area contributed by atoms with Crippen LogP contribution < -0.4 is 10.6 Å². The van der Waals surface area contributed by atoms with E-state index in [1.54, 1.807) is 6.20 Å². The fourth-order valence-electron chi connectivity index (χ4n) is 2.80. The molecule has 0 radical (unpaired) electrons. The van der Waals surface area contributed by atoms with Crippen LogP contribution in [0.2, 0.25) is 0 Å². The molecule has 0 aliphatic heterocycles. The van der Waals surface area contributed by atoms with Gasteiger partial charge in [-0.15, -0.1) is 0 Å². The minimum absolute atomic E-state index is 0.0477. The average Bonchev–Trinajstić information content (AvgIpc) is 3.46. The summed E-state index contributed by atoms with van der Waals surface area (Å²) in [6.07, 6.45) is 4.11. The molecule has 1 heterocycles. The van der Waals surface area contributed by atoms with Crippen molar-refractivity contribution in [3.8, 4) is 0 Å². The number of amides is 2. The maximum atomic E-state index is 12.4. The Hall–Kier alpha value is -3.21. The number of fused-ring (bicyclic) bond motifs is 1. The number of pyridine rings is 1. The van der Waals surface area contributed by atoms with E-state index in [4.69, 9.17) is 0 Å². The fourth-order valence-corrected chi connectivity index (χ4v) is 2.80. The number of nitrogens with zero attached hydrogens (tertiary/aromatic N) is 1. The van der Waals surface area contributed by atoms with Gasteiger partial charge in [0.1, 0.15) is 0 Å². The molecule has 1 aliphatic carbocycles. The van der Waals surface area contributed by atoms with E-state index in [2.05, 4.69) is 15.6 Å². The van der Waals surface area contributed by atoms with Crippen molar-refractivity contribution >= 4 is 28.4 Å². The molecule has 26 heavy (non-hydrogen) atoms. The predicted octanol–water partition coefficient (Wildman–Crippen LogP) is 3.31. The van der Waals surface area contributed by atoms with Crippen molar-refractivity contribution in [3.63, 3.8) is 0 Å². The Bertz CT molecular complexity index is 962. The van der Waals surface area contributed by atoms with Crippen molar-refractivity contribution in [1.82, 2.24) is 10.3 Å². The van der Waals surface area contributed by atoms with Crippen LogP contribution in [0.15, 0.2) is 60.8 Å². The molecule has 0 bridgehead atoms. The standard InChI is InChI=1S/C21H19N3O2/c25-20(23-17-9-10-17)11-14-5-7-18(8-6-14)24-21(26)16-12-15-3-1-2-4-19(15)22-13-16/h1-8,12-13,17H,9-11H2,(H,23,25)(H,24,26). The molecule has 2 N–H and O–H groups in total. The third kappa shape index (κ3) is 3.88. The number of para-hydroxylation sites is 1. The normalized spacial score (nSPS) is 13.4. The number of nitrogens with one attached hydrogen (secondary N) is 2. The summed E-state index contributed by atoms with van der Waals surface area (Å²) in [5.74, 6) is -0.158. The summed E-state index contributed by atoms with van der Waals surface area (Å²) in [5, 5.41) is 6.76. The maximum absolute atomic E-state index is 12.4. The molecule has 0 saturated heterocycles. The molecule has 0 atom stereocenters. The van der Waals surface area contributed by atoms with Gasteiger partial charge in [0.2, 0.25) is 5.91 Å². The van der Waals surface area contributed by atoms with Crippen LogP contribution in [0.25, 0.3) is 10.9 Å². The Kier molecular flexibility index (Phi) is 4.35. The van der Waals surface area contributed by atoms with Crippen LogP contribution >= 0.6 is 0 Å². The van der Waals surface area contributed by atoms with Gasteiger partial charge in [-0.1, -0.05) is 30.3 Å². The van der Waals surface area contributed by atoms with Crippen LogP contribution in [0.4, 0.5) is 5.69 Å². The second-order valence-electron chi connectivity index (χ2n) is 6.59. The van der Waals surface area contributed by atoms with Gasteiger partial charge in [-0.2, -0.15) is 0 Å². The van der Waals surface area contributed by atoms with Gasteiger partial charge >= 0.3 is 0 Å². The van der Waals surface area contributed by atoms with Gasteiger partial charge in [0.15, 0.2) is 0 Å². The zero-order valence-electron chi connectivity index (χ0n) is 14.2. The van der Waals surface area contributed by atoms with E-state index < -0.39 is 0 Å². The van der Waals surface area contributed by atoms with E-state index in [1.807, 2.05) is 54.6 Å². The minimum atomic E-state index is -0.206. The number of aromatic nitrogens is 1. The van der Waals surface area contributed by atoms with Crippen molar-refractivity contribution in [3.05, 3.63) is 71.9 Å². The zero-order valence-corrected chi connectivity index (χ0v) is 14.2. The van der Waals surface area contributed by atoms with Gasteiger partial charge in [-0.3, -0.25) is 14.6 Å². The van der Waals surface area contributed by atoms with Crippen molar-refractivity contribution in [2.75, 3.05) is 5.32 Å². The Balaban J connectivity index is 1.40. The van der Waals surface area contributed by atoms with E-state index in [9.17, 15) is 9.59 Å². The summed E-state index contributed by atoms with van der Waals surface area (Å²) >= 11 is 0. The first-order valence-electron chi connectivity index (χ1n) is 8.72. The van der Waals surface area contributed by atoms with Gasteiger partial charge in [0.25, 0.3) is 5.91 Å². The third-order valence-corrected chi connectivity index (χ3v) is 4.37. The second kappa shape index (κ2) is 6.96.